The van der Waals surface area contributed by atoms with E-state index in [0.717, 1.165) is 16.3 Å². The molecule has 0 aromatic heterocycles. The average molecular weight is 592 g/mol. The third kappa shape index (κ3) is 4.43. The van der Waals surface area contributed by atoms with Crippen molar-refractivity contribution in [2.75, 3.05) is 17.2 Å². The number of benzene rings is 4. The van der Waals surface area contributed by atoms with E-state index in [-0.39, 0.29) is 24.3 Å². The van der Waals surface area contributed by atoms with Gasteiger partial charge in [-0.15, -0.1) is 11.8 Å². The fourth-order valence-corrected chi connectivity index (χ4v) is 9.99. The minimum Gasteiger partial charge on any atom is -0.394 e. The Hall–Kier alpha value is -4.14. The van der Waals surface area contributed by atoms with Crippen molar-refractivity contribution >= 4 is 51.6 Å². The average Bonchev–Trinajstić information content (AvgIpc) is 3.59. The highest BCUT2D eigenvalue weighted by atomic mass is 32.2. The Kier molecular flexibility index (Phi) is 6.78. The Morgan fingerprint density at radius 2 is 1.51 bits per heavy atom. The second-order valence-electron chi connectivity index (χ2n) is 12.0. The van der Waals surface area contributed by atoms with Gasteiger partial charge in [-0.3, -0.25) is 14.4 Å². The van der Waals surface area contributed by atoms with Crippen molar-refractivity contribution in [3.05, 3.63) is 109 Å². The number of nitrogens with zero attached hydrogens (tertiary/aromatic N) is 1. The van der Waals surface area contributed by atoms with E-state index in [1.54, 1.807) is 16.7 Å². The van der Waals surface area contributed by atoms with Gasteiger partial charge in [0.05, 0.1) is 29.2 Å². The van der Waals surface area contributed by atoms with E-state index >= 15 is 0 Å². The van der Waals surface area contributed by atoms with Crippen LogP contribution < -0.4 is 10.6 Å². The minimum atomic E-state index is -0.879. The zero-order chi connectivity index (χ0) is 29.8. The number of rotatable bonds is 7. The molecule has 218 valence electrons. The molecule has 43 heavy (non-hydrogen) atoms. The monoisotopic (exact) mass is 591 g/mol. The number of likely N-dealkylation sites (tertiary alicyclic amines) is 1. The smallest absolute Gasteiger partial charge is 0.248 e. The highest BCUT2D eigenvalue weighted by Crippen LogP contribution is 2.72. The lowest BCUT2D eigenvalue weighted by Gasteiger charge is -2.37. The van der Waals surface area contributed by atoms with Crippen molar-refractivity contribution in [3.8, 4) is 0 Å². The first-order valence-corrected chi connectivity index (χ1v) is 15.5. The van der Waals surface area contributed by atoms with Crippen LogP contribution in [0.1, 0.15) is 31.4 Å². The van der Waals surface area contributed by atoms with Crippen LogP contribution in [-0.4, -0.2) is 49.9 Å². The van der Waals surface area contributed by atoms with Crippen molar-refractivity contribution in [1.82, 2.24) is 4.90 Å². The molecule has 4 aromatic rings. The summed E-state index contributed by atoms with van der Waals surface area (Å²) >= 11 is 1.61. The van der Waals surface area contributed by atoms with Gasteiger partial charge in [-0.05, 0) is 60.4 Å². The Morgan fingerprint density at radius 1 is 0.860 bits per heavy atom. The number of hydrogen-bond acceptors (Lipinski definition) is 5. The molecule has 6 atom stereocenters. The summed E-state index contributed by atoms with van der Waals surface area (Å²) in [5.41, 5.74) is 2.05. The number of amides is 3. The highest BCUT2D eigenvalue weighted by molar-refractivity contribution is 8.02. The normalized spacial score (nSPS) is 28.1. The summed E-state index contributed by atoms with van der Waals surface area (Å²) in [6.07, 6.45) is 1.33. The molecule has 7 nitrogen and oxygen atoms in total. The maximum Gasteiger partial charge on any atom is 0.248 e. The Balaban J connectivity index is 1.30. The number of carbonyl (C=O) groups excluding carboxylic acids is 3. The van der Waals surface area contributed by atoms with Crippen LogP contribution in [0.5, 0.6) is 0 Å². The molecule has 8 heteroatoms. The molecule has 4 aromatic carbocycles. The second-order valence-corrected chi connectivity index (χ2v) is 13.9. The molecule has 7 rings (SSSR count). The zero-order valence-electron chi connectivity index (χ0n) is 23.8. The van der Waals surface area contributed by atoms with Crippen molar-refractivity contribution in [2.24, 2.45) is 11.8 Å². The molecule has 3 N–H and O–H groups in total. The van der Waals surface area contributed by atoms with Crippen LogP contribution in [0.25, 0.3) is 10.8 Å². The minimum absolute atomic E-state index is 0.211. The fraction of sp³-hybridized carbons (Fsp3) is 0.286. The van der Waals surface area contributed by atoms with E-state index < -0.39 is 33.4 Å². The van der Waals surface area contributed by atoms with Gasteiger partial charge in [0.2, 0.25) is 17.7 Å². The van der Waals surface area contributed by atoms with Crippen LogP contribution in [0.2, 0.25) is 0 Å². The molecule has 2 bridgehead atoms. The number of fused-ring (bicyclic) bond motifs is 2. The molecule has 0 radical (unpaired) electrons. The zero-order valence-corrected chi connectivity index (χ0v) is 24.6. The van der Waals surface area contributed by atoms with Crippen LogP contribution in [0, 0.1) is 11.8 Å². The van der Waals surface area contributed by atoms with E-state index in [4.69, 9.17) is 0 Å². The van der Waals surface area contributed by atoms with Gasteiger partial charge in [-0.25, -0.2) is 0 Å². The summed E-state index contributed by atoms with van der Waals surface area (Å²) in [6.45, 7) is 1.71. The molecule has 3 heterocycles. The third-order valence-corrected chi connectivity index (χ3v) is 11.5. The maximum atomic E-state index is 14.6. The first-order valence-electron chi connectivity index (χ1n) is 14.7. The first kappa shape index (κ1) is 27.7. The summed E-state index contributed by atoms with van der Waals surface area (Å²) in [4.78, 5) is 44.6. The van der Waals surface area contributed by atoms with E-state index in [2.05, 4.69) is 17.6 Å². The number of carbonyl (C=O) groups is 3. The Morgan fingerprint density at radius 3 is 2.23 bits per heavy atom. The topological polar surface area (TPSA) is 98.7 Å². The predicted molar refractivity (Wildman–Crippen MR) is 169 cm³/mol. The van der Waals surface area contributed by atoms with Gasteiger partial charge >= 0.3 is 0 Å². The molecule has 3 amide bonds. The summed E-state index contributed by atoms with van der Waals surface area (Å²) in [7, 11) is 0. The first-order chi connectivity index (χ1) is 20.8. The molecule has 3 aliphatic rings. The lowest BCUT2D eigenvalue weighted by molar-refractivity contribution is -0.141. The number of para-hydroxylation sites is 1. The number of anilines is 2. The maximum absolute atomic E-state index is 14.6. The van der Waals surface area contributed by atoms with Crippen molar-refractivity contribution in [1.29, 1.82) is 0 Å². The molecular weight excluding hydrogens is 558 g/mol. The molecule has 2 unspecified atom stereocenters. The quantitative estimate of drug-likeness (QED) is 0.259. The van der Waals surface area contributed by atoms with Crippen molar-refractivity contribution in [2.45, 2.75) is 41.3 Å². The molecule has 0 aliphatic carbocycles. The number of thioether (sulfide) groups is 1. The fourth-order valence-electron chi connectivity index (χ4n) is 7.65. The van der Waals surface area contributed by atoms with Crippen molar-refractivity contribution < 1.29 is 19.5 Å². The van der Waals surface area contributed by atoms with Gasteiger partial charge < -0.3 is 20.6 Å². The largest absolute Gasteiger partial charge is 0.394 e. The SMILES string of the molecule is C[C@]12CCC3(S1)C(C(=O)Nc1ccc4ccccc4c1)N([C@H](CO)c1ccccc1)C(=O)[C@@H]3[C@H]2C(=O)Nc1ccccc1. The molecule has 3 fully saturated rings. The van der Waals surface area contributed by atoms with Crippen LogP contribution in [0.4, 0.5) is 11.4 Å². The van der Waals surface area contributed by atoms with Crippen LogP contribution >= 0.6 is 11.8 Å². The van der Waals surface area contributed by atoms with Crippen molar-refractivity contribution in [3.63, 3.8) is 0 Å². The molecule has 0 saturated carbocycles. The number of nitrogens with one attached hydrogen (secondary N) is 2. The number of hydrogen-bond donors (Lipinski definition) is 3. The van der Waals surface area contributed by atoms with Gasteiger partial charge in [-0.2, -0.15) is 0 Å². The van der Waals surface area contributed by atoms with E-state index in [0.29, 0.717) is 24.2 Å². The lowest BCUT2D eigenvalue weighted by Crippen LogP contribution is -2.52. The van der Waals surface area contributed by atoms with Gasteiger partial charge in [0.15, 0.2) is 0 Å². The van der Waals surface area contributed by atoms with Gasteiger partial charge in [-0.1, -0.05) is 78.9 Å². The second kappa shape index (κ2) is 10.5. The van der Waals surface area contributed by atoms with E-state index in [1.165, 1.54) is 0 Å². The highest BCUT2D eigenvalue weighted by Gasteiger charge is 2.77. The van der Waals surface area contributed by atoms with Gasteiger partial charge in [0.1, 0.15) is 6.04 Å². The summed E-state index contributed by atoms with van der Waals surface area (Å²) in [5, 5.41) is 18.9. The Bertz CT molecular complexity index is 1720. The summed E-state index contributed by atoms with van der Waals surface area (Å²) < 4.78 is -1.32. The summed E-state index contributed by atoms with van der Waals surface area (Å²) in [6, 6.07) is 30.7. The van der Waals surface area contributed by atoms with E-state index in [1.807, 2.05) is 103 Å². The standard InChI is InChI=1S/C35H33N3O4S/c1-34-18-19-35(43-34)29(28(34)31(40)36-25-14-6-3-7-15-25)33(42)38(27(21-39)23-11-4-2-5-12-23)30(35)32(41)37-26-17-16-22-10-8-9-13-24(22)20-26/h2-17,20,27-30,39H,18-19,21H2,1H3,(H,36,40)(H,37,41)/t27-,28+,29+,30?,34-,35?/m1/s1. The predicted octanol–water partition coefficient (Wildman–Crippen LogP) is 5.63. The third-order valence-electron chi connectivity index (χ3n) is 9.50. The summed E-state index contributed by atoms with van der Waals surface area (Å²) in [5.74, 6) is -2.11. The van der Waals surface area contributed by atoms with Crippen LogP contribution in [-0.2, 0) is 14.4 Å². The molecule has 3 aliphatic heterocycles. The van der Waals surface area contributed by atoms with E-state index in [9.17, 15) is 19.5 Å². The lowest BCUT2D eigenvalue weighted by atomic mass is 9.66. The molecule has 1 spiro atoms. The van der Waals surface area contributed by atoms with Gasteiger partial charge in [0.25, 0.3) is 0 Å². The molecular formula is C35H33N3O4S. The Labute approximate surface area is 254 Å². The van der Waals surface area contributed by atoms with Crippen LogP contribution in [0.3, 0.4) is 0 Å². The van der Waals surface area contributed by atoms with Crippen LogP contribution in [0.15, 0.2) is 103 Å². The number of aliphatic hydroxyl groups is 1. The van der Waals surface area contributed by atoms with Gasteiger partial charge in [0, 0.05) is 16.1 Å². The molecule has 3 saturated heterocycles. The number of aliphatic hydroxyl groups excluding tert-OH is 1.